The molecule has 2 N–H and O–H groups in total. The van der Waals surface area contributed by atoms with Crippen molar-refractivity contribution in [2.45, 2.75) is 20.0 Å². The zero-order valence-corrected chi connectivity index (χ0v) is 15.9. The predicted molar refractivity (Wildman–Crippen MR) is 101 cm³/mol. The van der Waals surface area contributed by atoms with E-state index in [9.17, 15) is 22.8 Å². The number of nitrogens with one attached hydrogen (secondary N) is 2. The van der Waals surface area contributed by atoms with Crippen molar-refractivity contribution < 1.29 is 32.2 Å². The van der Waals surface area contributed by atoms with E-state index in [0.29, 0.717) is 24.7 Å². The van der Waals surface area contributed by atoms with Crippen LogP contribution in [0.25, 0.3) is 0 Å². The summed E-state index contributed by atoms with van der Waals surface area (Å²) in [5, 5.41) is 4.87. The second-order valence-electron chi connectivity index (χ2n) is 5.83. The molecule has 2 aromatic carbocycles. The van der Waals surface area contributed by atoms with E-state index < -0.39 is 23.6 Å². The van der Waals surface area contributed by atoms with Gasteiger partial charge in [0.15, 0.2) is 11.5 Å². The fourth-order valence-electron chi connectivity index (χ4n) is 2.40. The molecule has 156 valence electrons. The third-order valence-electron chi connectivity index (χ3n) is 3.71. The lowest BCUT2D eigenvalue weighted by Gasteiger charge is -2.12. The fourth-order valence-corrected chi connectivity index (χ4v) is 2.40. The van der Waals surface area contributed by atoms with Crippen molar-refractivity contribution in [3.8, 4) is 11.5 Å². The first kappa shape index (κ1) is 22.1. The normalized spacial score (nSPS) is 10.9. The number of alkyl halides is 3. The Hall–Kier alpha value is -3.23. The van der Waals surface area contributed by atoms with Crippen LogP contribution >= 0.6 is 0 Å². The number of carbonyl (C=O) groups excluding carboxylic acids is 2. The first-order valence-electron chi connectivity index (χ1n) is 8.89. The molecule has 0 fully saturated rings. The monoisotopic (exact) mass is 410 g/mol. The number of benzene rings is 2. The number of rotatable bonds is 8. The summed E-state index contributed by atoms with van der Waals surface area (Å²) in [4.78, 5) is 24.2. The van der Waals surface area contributed by atoms with Crippen LogP contribution in [0.1, 0.15) is 29.8 Å². The molecule has 0 unspecified atom stereocenters. The van der Waals surface area contributed by atoms with E-state index in [0.717, 1.165) is 24.3 Å². The molecule has 2 amide bonds. The summed E-state index contributed by atoms with van der Waals surface area (Å²) in [6.45, 7) is 4.10. The van der Waals surface area contributed by atoms with Gasteiger partial charge in [-0.25, -0.2) is 0 Å². The molecule has 0 aromatic heterocycles. The third kappa shape index (κ3) is 6.41. The van der Waals surface area contributed by atoms with Crippen LogP contribution in [0.4, 0.5) is 18.9 Å². The van der Waals surface area contributed by atoms with E-state index in [1.165, 1.54) is 12.1 Å². The van der Waals surface area contributed by atoms with Gasteiger partial charge in [-0.2, -0.15) is 13.2 Å². The number of hydrogen-bond donors (Lipinski definition) is 2. The highest BCUT2D eigenvalue weighted by atomic mass is 19.4. The molecular formula is C20H21F3N2O4. The van der Waals surface area contributed by atoms with E-state index >= 15 is 0 Å². The number of anilines is 1. The van der Waals surface area contributed by atoms with Gasteiger partial charge >= 0.3 is 6.18 Å². The van der Waals surface area contributed by atoms with Gasteiger partial charge in [0.2, 0.25) is 5.91 Å². The van der Waals surface area contributed by atoms with Crippen molar-refractivity contribution in [3.63, 3.8) is 0 Å². The average Bonchev–Trinajstić information content (AvgIpc) is 2.67. The standard InChI is InChI=1S/C20H21F3N2O4/c1-3-28-16-10-5-13(11-17(16)29-4-2)19(27)24-12-18(26)25-15-8-6-14(7-9-15)20(21,22)23/h5-11H,3-4,12H2,1-2H3,(H,24,27)(H,25,26). The molecule has 9 heteroatoms. The summed E-state index contributed by atoms with van der Waals surface area (Å²) in [6.07, 6.45) is -4.45. The van der Waals surface area contributed by atoms with Crippen LogP contribution in [0.15, 0.2) is 42.5 Å². The molecule has 0 aliphatic rings. The van der Waals surface area contributed by atoms with Gasteiger partial charge in [0.1, 0.15) is 0 Å². The number of halogens is 3. The van der Waals surface area contributed by atoms with E-state index in [2.05, 4.69) is 10.6 Å². The van der Waals surface area contributed by atoms with Crippen LogP contribution in [-0.4, -0.2) is 31.6 Å². The van der Waals surface area contributed by atoms with Crippen molar-refractivity contribution >= 4 is 17.5 Å². The summed E-state index contributed by atoms with van der Waals surface area (Å²) in [5.74, 6) is -0.159. The van der Waals surface area contributed by atoms with E-state index in [4.69, 9.17) is 9.47 Å². The maximum Gasteiger partial charge on any atom is 0.416 e. The van der Waals surface area contributed by atoms with Crippen molar-refractivity contribution in [1.29, 1.82) is 0 Å². The summed E-state index contributed by atoms with van der Waals surface area (Å²) in [5.41, 5.74) is -0.347. The molecule has 0 radical (unpaired) electrons. The van der Waals surface area contributed by atoms with Gasteiger partial charge in [0.05, 0.1) is 25.3 Å². The molecule has 0 atom stereocenters. The van der Waals surface area contributed by atoms with Gasteiger partial charge in [-0.15, -0.1) is 0 Å². The summed E-state index contributed by atoms with van der Waals surface area (Å²) < 4.78 is 48.5. The van der Waals surface area contributed by atoms with E-state index in [1.54, 1.807) is 13.0 Å². The maximum absolute atomic E-state index is 12.5. The first-order chi connectivity index (χ1) is 13.7. The Bertz CT molecular complexity index is 852. The Kier molecular flexibility index (Phi) is 7.46. The van der Waals surface area contributed by atoms with Crippen LogP contribution in [0.5, 0.6) is 11.5 Å². The van der Waals surface area contributed by atoms with Gasteiger partial charge in [0, 0.05) is 11.3 Å². The quantitative estimate of drug-likeness (QED) is 0.693. The largest absolute Gasteiger partial charge is 0.490 e. The third-order valence-corrected chi connectivity index (χ3v) is 3.71. The minimum Gasteiger partial charge on any atom is -0.490 e. The second-order valence-corrected chi connectivity index (χ2v) is 5.83. The lowest BCUT2D eigenvalue weighted by molar-refractivity contribution is -0.137. The predicted octanol–water partition coefficient (Wildman–Crippen LogP) is 3.87. The van der Waals surface area contributed by atoms with Crippen LogP contribution < -0.4 is 20.1 Å². The molecule has 2 aromatic rings. The van der Waals surface area contributed by atoms with Crippen LogP contribution in [-0.2, 0) is 11.0 Å². The van der Waals surface area contributed by atoms with E-state index in [1.807, 2.05) is 6.92 Å². The zero-order valence-electron chi connectivity index (χ0n) is 15.9. The Morgan fingerprint density at radius 1 is 0.931 bits per heavy atom. The maximum atomic E-state index is 12.5. The Morgan fingerprint density at radius 3 is 2.14 bits per heavy atom. The molecule has 0 spiro atoms. The van der Waals surface area contributed by atoms with Gasteiger partial charge in [0.25, 0.3) is 5.91 Å². The van der Waals surface area contributed by atoms with Crippen molar-refractivity contribution in [3.05, 3.63) is 53.6 Å². The smallest absolute Gasteiger partial charge is 0.416 e. The molecule has 6 nitrogen and oxygen atoms in total. The molecule has 29 heavy (non-hydrogen) atoms. The number of ether oxygens (including phenoxy) is 2. The molecule has 0 aliphatic carbocycles. The number of hydrogen-bond acceptors (Lipinski definition) is 4. The van der Waals surface area contributed by atoms with Crippen LogP contribution in [0, 0.1) is 0 Å². The van der Waals surface area contributed by atoms with Crippen molar-refractivity contribution in [2.75, 3.05) is 25.1 Å². The SMILES string of the molecule is CCOc1ccc(C(=O)NCC(=O)Nc2ccc(C(F)(F)F)cc2)cc1OCC. The van der Waals surface area contributed by atoms with Crippen LogP contribution in [0.2, 0.25) is 0 Å². The fraction of sp³-hybridized carbons (Fsp3) is 0.300. The summed E-state index contributed by atoms with van der Waals surface area (Å²) in [7, 11) is 0. The minimum absolute atomic E-state index is 0.192. The van der Waals surface area contributed by atoms with Crippen molar-refractivity contribution in [1.82, 2.24) is 5.32 Å². The highest BCUT2D eigenvalue weighted by Crippen LogP contribution is 2.30. The van der Waals surface area contributed by atoms with Gasteiger partial charge in [-0.3, -0.25) is 9.59 Å². The number of amides is 2. The molecular weight excluding hydrogens is 389 g/mol. The van der Waals surface area contributed by atoms with Gasteiger partial charge in [-0.05, 0) is 56.3 Å². The molecule has 2 rings (SSSR count). The Labute approximate surface area is 166 Å². The zero-order chi connectivity index (χ0) is 21.4. The topological polar surface area (TPSA) is 76.7 Å². The first-order valence-corrected chi connectivity index (χ1v) is 8.89. The Morgan fingerprint density at radius 2 is 1.55 bits per heavy atom. The molecule has 0 aliphatic heterocycles. The molecule has 0 saturated carbocycles. The average molecular weight is 410 g/mol. The Balaban J connectivity index is 1.94. The van der Waals surface area contributed by atoms with Crippen molar-refractivity contribution in [2.24, 2.45) is 0 Å². The molecule has 0 saturated heterocycles. The molecule has 0 bridgehead atoms. The van der Waals surface area contributed by atoms with Crippen LogP contribution in [0.3, 0.4) is 0 Å². The highest BCUT2D eigenvalue weighted by Gasteiger charge is 2.30. The van der Waals surface area contributed by atoms with Gasteiger partial charge in [-0.1, -0.05) is 0 Å². The minimum atomic E-state index is -4.45. The second kappa shape index (κ2) is 9.81. The number of carbonyl (C=O) groups is 2. The lowest BCUT2D eigenvalue weighted by Crippen LogP contribution is -2.32. The van der Waals surface area contributed by atoms with Gasteiger partial charge < -0.3 is 20.1 Å². The van der Waals surface area contributed by atoms with E-state index in [-0.39, 0.29) is 17.8 Å². The highest BCUT2D eigenvalue weighted by molar-refractivity contribution is 5.99. The summed E-state index contributed by atoms with van der Waals surface area (Å²) >= 11 is 0. The molecule has 0 heterocycles. The lowest BCUT2D eigenvalue weighted by atomic mass is 10.2. The summed E-state index contributed by atoms with van der Waals surface area (Å²) in [6, 6.07) is 8.67.